The molecule has 17 heavy (non-hydrogen) atoms. The number of furan rings is 1. The predicted molar refractivity (Wildman–Crippen MR) is 59.2 cm³/mol. The van der Waals surface area contributed by atoms with Gasteiger partial charge in [0.2, 0.25) is 5.91 Å². The molecule has 1 aromatic rings. The standard InChI is InChI=1S/C12H15NO4/c1-7-3-4-8(17-7)6-13(2)11(14)9-5-10(9)12(15)16/h3-4,9-10H,5-6H2,1-2H3,(H,15,16). The monoisotopic (exact) mass is 237 g/mol. The minimum Gasteiger partial charge on any atom is -0.481 e. The number of aryl methyl sites for hydroxylation is 1. The number of carbonyl (C=O) groups is 2. The molecule has 0 saturated heterocycles. The normalized spacial score (nSPS) is 22.2. The smallest absolute Gasteiger partial charge is 0.307 e. The highest BCUT2D eigenvalue weighted by Crippen LogP contribution is 2.40. The first kappa shape index (κ1) is 11.7. The molecule has 0 aliphatic heterocycles. The van der Waals surface area contributed by atoms with Crippen LogP contribution in [0.5, 0.6) is 0 Å². The van der Waals surface area contributed by atoms with Gasteiger partial charge >= 0.3 is 5.97 Å². The van der Waals surface area contributed by atoms with Gasteiger partial charge in [-0.15, -0.1) is 0 Å². The lowest BCUT2D eigenvalue weighted by Gasteiger charge is -2.15. The Morgan fingerprint density at radius 2 is 2.18 bits per heavy atom. The molecule has 1 aliphatic rings. The molecule has 0 spiro atoms. The fraction of sp³-hybridized carbons (Fsp3) is 0.500. The average Bonchev–Trinajstić information content (AvgIpc) is 2.96. The van der Waals surface area contributed by atoms with Gasteiger partial charge in [0.25, 0.3) is 0 Å². The second kappa shape index (κ2) is 4.24. The van der Waals surface area contributed by atoms with Gasteiger partial charge in [0.1, 0.15) is 11.5 Å². The quantitative estimate of drug-likeness (QED) is 0.856. The summed E-state index contributed by atoms with van der Waals surface area (Å²) in [7, 11) is 1.66. The molecule has 1 aromatic heterocycles. The second-order valence-corrected chi connectivity index (χ2v) is 4.49. The fourth-order valence-corrected chi connectivity index (χ4v) is 1.91. The Bertz CT molecular complexity index is 451. The maximum atomic E-state index is 11.9. The van der Waals surface area contributed by atoms with Gasteiger partial charge in [-0.3, -0.25) is 9.59 Å². The first-order chi connectivity index (χ1) is 7.99. The van der Waals surface area contributed by atoms with Crippen molar-refractivity contribution in [3.05, 3.63) is 23.7 Å². The fourth-order valence-electron chi connectivity index (χ4n) is 1.91. The summed E-state index contributed by atoms with van der Waals surface area (Å²) < 4.78 is 5.37. The number of aliphatic carboxylic acids is 1. The summed E-state index contributed by atoms with van der Waals surface area (Å²) in [5, 5.41) is 8.76. The third kappa shape index (κ3) is 2.49. The molecule has 2 rings (SSSR count). The summed E-state index contributed by atoms with van der Waals surface area (Å²) in [6.45, 7) is 2.22. The minimum atomic E-state index is -0.884. The second-order valence-electron chi connectivity index (χ2n) is 4.49. The van der Waals surface area contributed by atoms with Crippen LogP contribution in [0.25, 0.3) is 0 Å². The lowest BCUT2D eigenvalue weighted by atomic mass is 10.3. The zero-order chi connectivity index (χ0) is 12.6. The molecule has 0 aromatic carbocycles. The van der Waals surface area contributed by atoms with Crippen molar-refractivity contribution in [2.75, 3.05) is 7.05 Å². The Hall–Kier alpha value is -1.78. The molecular formula is C12H15NO4. The molecule has 1 saturated carbocycles. The van der Waals surface area contributed by atoms with Gasteiger partial charge in [-0.25, -0.2) is 0 Å². The summed E-state index contributed by atoms with van der Waals surface area (Å²) in [4.78, 5) is 24.0. The number of hydrogen-bond acceptors (Lipinski definition) is 3. The van der Waals surface area contributed by atoms with Crippen molar-refractivity contribution in [1.29, 1.82) is 0 Å². The molecule has 1 amide bonds. The largest absolute Gasteiger partial charge is 0.481 e. The predicted octanol–water partition coefficient (Wildman–Crippen LogP) is 1.27. The molecule has 92 valence electrons. The highest BCUT2D eigenvalue weighted by molar-refractivity contribution is 5.89. The average molecular weight is 237 g/mol. The molecule has 1 heterocycles. The van der Waals surface area contributed by atoms with Crippen LogP contribution in [0, 0.1) is 18.8 Å². The molecule has 0 radical (unpaired) electrons. The van der Waals surface area contributed by atoms with Crippen molar-refractivity contribution in [2.24, 2.45) is 11.8 Å². The van der Waals surface area contributed by atoms with Gasteiger partial charge in [0.15, 0.2) is 0 Å². The van der Waals surface area contributed by atoms with Crippen molar-refractivity contribution in [1.82, 2.24) is 4.90 Å². The topological polar surface area (TPSA) is 70.8 Å². The Balaban J connectivity index is 1.91. The molecule has 5 nitrogen and oxygen atoms in total. The highest BCUT2D eigenvalue weighted by atomic mass is 16.4. The van der Waals surface area contributed by atoms with Crippen molar-refractivity contribution in [3.63, 3.8) is 0 Å². The number of hydrogen-bond donors (Lipinski definition) is 1. The van der Waals surface area contributed by atoms with Crippen LogP contribution in [0.15, 0.2) is 16.5 Å². The number of carboxylic acid groups (broad SMARTS) is 1. The molecule has 5 heteroatoms. The summed E-state index contributed by atoms with van der Waals surface area (Å²) in [6.07, 6.45) is 0.454. The van der Waals surface area contributed by atoms with Gasteiger partial charge < -0.3 is 14.4 Å². The van der Waals surface area contributed by atoms with E-state index >= 15 is 0 Å². The Morgan fingerprint density at radius 3 is 2.65 bits per heavy atom. The Labute approximate surface area is 99.0 Å². The Morgan fingerprint density at radius 1 is 1.47 bits per heavy atom. The van der Waals surface area contributed by atoms with Gasteiger partial charge in [-0.2, -0.15) is 0 Å². The lowest BCUT2D eigenvalue weighted by Crippen LogP contribution is -2.28. The first-order valence-electron chi connectivity index (χ1n) is 5.52. The molecule has 1 aliphatic carbocycles. The maximum absolute atomic E-state index is 11.9. The number of rotatable bonds is 4. The third-order valence-electron chi connectivity index (χ3n) is 2.99. The zero-order valence-electron chi connectivity index (χ0n) is 9.84. The SMILES string of the molecule is Cc1ccc(CN(C)C(=O)C2CC2C(=O)O)o1. The maximum Gasteiger partial charge on any atom is 0.307 e. The van der Waals surface area contributed by atoms with E-state index in [4.69, 9.17) is 9.52 Å². The van der Waals surface area contributed by atoms with E-state index < -0.39 is 11.9 Å². The van der Waals surface area contributed by atoms with E-state index in [1.807, 2.05) is 19.1 Å². The van der Waals surface area contributed by atoms with E-state index in [1.54, 1.807) is 7.05 Å². The van der Waals surface area contributed by atoms with E-state index in [0.29, 0.717) is 18.7 Å². The van der Waals surface area contributed by atoms with Crippen LogP contribution < -0.4 is 0 Å². The number of carbonyl (C=O) groups excluding carboxylic acids is 1. The van der Waals surface area contributed by atoms with E-state index in [-0.39, 0.29) is 11.8 Å². The summed E-state index contributed by atoms with van der Waals surface area (Å²) in [5.41, 5.74) is 0. The molecule has 2 atom stereocenters. The molecule has 2 unspecified atom stereocenters. The van der Waals surface area contributed by atoms with Crippen LogP contribution >= 0.6 is 0 Å². The first-order valence-corrected chi connectivity index (χ1v) is 5.52. The van der Waals surface area contributed by atoms with E-state index in [2.05, 4.69) is 0 Å². The van der Waals surface area contributed by atoms with Crippen LogP contribution in [-0.2, 0) is 16.1 Å². The van der Waals surface area contributed by atoms with Crippen molar-refractivity contribution in [3.8, 4) is 0 Å². The summed E-state index contributed by atoms with van der Waals surface area (Å²) in [6, 6.07) is 3.66. The van der Waals surface area contributed by atoms with E-state index in [0.717, 1.165) is 5.76 Å². The van der Waals surface area contributed by atoms with Gasteiger partial charge in [-0.05, 0) is 25.5 Å². The Kier molecular flexibility index (Phi) is 2.92. The zero-order valence-corrected chi connectivity index (χ0v) is 9.84. The minimum absolute atomic E-state index is 0.119. The van der Waals surface area contributed by atoms with Crippen molar-refractivity contribution in [2.45, 2.75) is 19.9 Å². The molecule has 1 fully saturated rings. The van der Waals surface area contributed by atoms with Crippen molar-refractivity contribution >= 4 is 11.9 Å². The van der Waals surface area contributed by atoms with Crippen LogP contribution in [-0.4, -0.2) is 28.9 Å². The molecular weight excluding hydrogens is 222 g/mol. The van der Waals surface area contributed by atoms with Gasteiger partial charge in [-0.1, -0.05) is 0 Å². The molecule has 0 bridgehead atoms. The number of nitrogens with zero attached hydrogens (tertiary/aromatic N) is 1. The van der Waals surface area contributed by atoms with Crippen LogP contribution in [0.2, 0.25) is 0 Å². The van der Waals surface area contributed by atoms with Crippen LogP contribution in [0.3, 0.4) is 0 Å². The van der Waals surface area contributed by atoms with Gasteiger partial charge in [0.05, 0.1) is 18.4 Å². The van der Waals surface area contributed by atoms with E-state index in [9.17, 15) is 9.59 Å². The van der Waals surface area contributed by atoms with Crippen LogP contribution in [0.1, 0.15) is 17.9 Å². The lowest BCUT2D eigenvalue weighted by molar-refractivity contribution is -0.141. The van der Waals surface area contributed by atoms with E-state index in [1.165, 1.54) is 4.90 Å². The van der Waals surface area contributed by atoms with Crippen molar-refractivity contribution < 1.29 is 19.1 Å². The summed E-state index contributed by atoms with van der Waals surface area (Å²) >= 11 is 0. The molecule has 1 N–H and O–H groups in total. The number of carboxylic acids is 1. The number of amides is 1. The summed E-state index contributed by atoms with van der Waals surface area (Å²) in [5.74, 6) is -0.338. The van der Waals surface area contributed by atoms with Gasteiger partial charge in [0, 0.05) is 7.05 Å². The highest BCUT2D eigenvalue weighted by Gasteiger charge is 2.49. The third-order valence-corrected chi connectivity index (χ3v) is 2.99. The van der Waals surface area contributed by atoms with Crippen LogP contribution in [0.4, 0.5) is 0 Å².